The summed E-state index contributed by atoms with van der Waals surface area (Å²) in [4.78, 5) is 13.8. The number of likely N-dealkylation sites (tertiary alicyclic amines) is 1. The van der Waals surface area contributed by atoms with Crippen LogP contribution in [0.2, 0.25) is 0 Å². The van der Waals surface area contributed by atoms with Gasteiger partial charge in [-0.25, -0.2) is 4.79 Å². The molecule has 0 unspecified atom stereocenters. The van der Waals surface area contributed by atoms with E-state index in [1.165, 1.54) is 19.3 Å². The van der Waals surface area contributed by atoms with Crippen molar-refractivity contribution < 1.29 is 9.90 Å². The molecule has 23 heavy (non-hydrogen) atoms. The zero-order valence-corrected chi connectivity index (χ0v) is 13.3. The number of carboxylic acid groups (broad SMARTS) is 1. The molecule has 122 valence electrons. The van der Waals surface area contributed by atoms with Gasteiger partial charge in [-0.1, -0.05) is 24.6 Å². The lowest BCUT2D eigenvalue weighted by atomic mass is 9.97. The van der Waals surface area contributed by atoms with E-state index in [0.717, 1.165) is 25.1 Å². The zero-order valence-electron chi connectivity index (χ0n) is 13.3. The first-order valence-corrected chi connectivity index (χ1v) is 8.27. The van der Waals surface area contributed by atoms with Gasteiger partial charge in [0.15, 0.2) is 0 Å². The summed E-state index contributed by atoms with van der Waals surface area (Å²) >= 11 is 0. The minimum Gasteiger partial charge on any atom is -0.478 e. The zero-order chi connectivity index (χ0) is 16.1. The highest BCUT2D eigenvalue weighted by atomic mass is 16.4. The molecule has 1 aliphatic rings. The molecule has 0 radical (unpaired) electrons. The molecule has 1 fully saturated rings. The van der Waals surface area contributed by atoms with Crippen molar-refractivity contribution in [2.24, 2.45) is 0 Å². The van der Waals surface area contributed by atoms with Gasteiger partial charge < -0.3 is 5.11 Å². The lowest BCUT2D eigenvalue weighted by molar-refractivity contribution is 0.0691. The fourth-order valence-electron chi connectivity index (χ4n) is 3.39. The Hall–Kier alpha value is -2.14. The summed E-state index contributed by atoms with van der Waals surface area (Å²) in [5, 5.41) is 13.6. The number of nitrogens with zero attached hydrogens (tertiary/aromatic N) is 3. The van der Waals surface area contributed by atoms with E-state index in [-0.39, 0.29) is 0 Å². The number of carboxylic acids is 1. The second-order valence-corrected chi connectivity index (χ2v) is 6.14. The van der Waals surface area contributed by atoms with Gasteiger partial charge >= 0.3 is 5.97 Å². The average molecular weight is 313 g/mol. The minimum atomic E-state index is -0.842. The molecular weight excluding hydrogens is 290 g/mol. The molecular formula is C18H23N3O2. The molecule has 5 heteroatoms. The second-order valence-electron chi connectivity index (χ2n) is 6.14. The van der Waals surface area contributed by atoms with Gasteiger partial charge in [0.25, 0.3) is 0 Å². The van der Waals surface area contributed by atoms with Crippen molar-refractivity contribution in [1.82, 2.24) is 14.7 Å². The van der Waals surface area contributed by atoms with E-state index in [9.17, 15) is 9.90 Å². The Kier molecular flexibility index (Phi) is 5.08. The monoisotopic (exact) mass is 313 g/mol. The van der Waals surface area contributed by atoms with E-state index < -0.39 is 5.97 Å². The van der Waals surface area contributed by atoms with Gasteiger partial charge in [0, 0.05) is 31.5 Å². The Bertz CT molecular complexity index is 639. The molecule has 1 aromatic carbocycles. The number of aryl methyl sites for hydroxylation is 1. The molecule has 2 heterocycles. The number of benzene rings is 1. The molecule has 0 aliphatic carbocycles. The van der Waals surface area contributed by atoms with Gasteiger partial charge in [0.05, 0.1) is 5.56 Å². The minimum absolute atomic E-state index is 0.420. The van der Waals surface area contributed by atoms with Gasteiger partial charge in [-0.05, 0) is 43.5 Å². The third kappa shape index (κ3) is 3.99. The number of piperidine rings is 1. The van der Waals surface area contributed by atoms with Crippen LogP contribution in [0, 0.1) is 0 Å². The number of hydrogen-bond donors (Lipinski definition) is 1. The highest BCUT2D eigenvalue weighted by molar-refractivity contribution is 5.89. The van der Waals surface area contributed by atoms with E-state index in [4.69, 9.17) is 0 Å². The van der Waals surface area contributed by atoms with E-state index in [0.29, 0.717) is 18.2 Å². The average Bonchev–Trinajstić information content (AvgIpc) is 3.08. The third-order valence-electron chi connectivity index (χ3n) is 4.62. The van der Waals surface area contributed by atoms with Crippen molar-refractivity contribution in [2.75, 3.05) is 6.54 Å². The molecule has 1 atom stereocenters. The molecule has 0 saturated carbocycles. The first-order valence-electron chi connectivity index (χ1n) is 8.27. The van der Waals surface area contributed by atoms with Gasteiger partial charge in [-0.15, -0.1) is 0 Å². The van der Waals surface area contributed by atoms with E-state index in [2.05, 4.69) is 10.00 Å². The van der Waals surface area contributed by atoms with Gasteiger partial charge in [0.1, 0.15) is 0 Å². The molecule has 5 nitrogen and oxygen atoms in total. The first kappa shape index (κ1) is 15.7. The van der Waals surface area contributed by atoms with Crippen LogP contribution in [0.5, 0.6) is 0 Å². The Morgan fingerprint density at radius 1 is 1.26 bits per heavy atom. The standard InChI is InChI=1S/C18H23N3O2/c22-18(23)17-8-2-1-6-15(17)14-20-11-4-3-7-16(20)9-13-21-12-5-10-19-21/h1-2,5-6,8,10,12,16H,3-4,7,9,11,13-14H2,(H,22,23)/t16-/m0/s1. The SMILES string of the molecule is O=C(O)c1ccccc1CN1CCCC[C@H]1CCn1cccn1. The Balaban J connectivity index is 1.68. The molecule has 1 aliphatic heterocycles. The highest BCUT2D eigenvalue weighted by Gasteiger charge is 2.23. The molecule has 0 bridgehead atoms. The van der Waals surface area contributed by atoms with Crippen molar-refractivity contribution in [3.8, 4) is 0 Å². The van der Waals surface area contributed by atoms with Crippen LogP contribution in [0.1, 0.15) is 41.6 Å². The van der Waals surface area contributed by atoms with Gasteiger partial charge in [0.2, 0.25) is 0 Å². The largest absolute Gasteiger partial charge is 0.478 e. The lowest BCUT2D eigenvalue weighted by Gasteiger charge is -2.36. The fourth-order valence-corrected chi connectivity index (χ4v) is 3.39. The van der Waals surface area contributed by atoms with Crippen LogP contribution in [0.25, 0.3) is 0 Å². The molecule has 0 amide bonds. The smallest absolute Gasteiger partial charge is 0.336 e. The van der Waals surface area contributed by atoms with Gasteiger partial charge in [-0.2, -0.15) is 5.10 Å². The van der Waals surface area contributed by atoms with E-state index >= 15 is 0 Å². The summed E-state index contributed by atoms with van der Waals surface area (Å²) < 4.78 is 1.97. The van der Waals surface area contributed by atoms with Crippen molar-refractivity contribution in [3.63, 3.8) is 0 Å². The van der Waals surface area contributed by atoms with Crippen LogP contribution in [-0.2, 0) is 13.1 Å². The number of carbonyl (C=O) groups is 1. The van der Waals surface area contributed by atoms with Crippen LogP contribution in [0.4, 0.5) is 0 Å². The predicted molar refractivity (Wildman–Crippen MR) is 88.3 cm³/mol. The normalized spacial score (nSPS) is 18.9. The van der Waals surface area contributed by atoms with Crippen LogP contribution in [-0.4, -0.2) is 38.3 Å². The number of aromatic nitrogens is 2. The van der Waals surface area contributed by atoms with Crippen molar-refractivity contribution in [2.45, 2.75) is 44.8 Å². The molecule has 0 spiro atoms. The topological polar surface area (TPSA) is 58.4 Å². The summed E-state index contributed by atoms with van der Waals surface area (Å²) in [7, 11) is 0. The fraction of sp³-hybridized carbons (Fsp3) is 0.444. The van der Waals surface area contributed by atoms with Crippen LogP contribution in [0.3, 0.4) is 0 Å². The maximum atomic E-state index is 11.4. The maximum absolute atomic E-state index is 11.4. The number of aromatic carboxylic acids is 1. The van der Waals surface area contributed by atoms with Crippen LogP contribution in [0.15, 0.2) is 42.7 Å². The van der Waals surface area contributed by atoms with Crippen molar-refractivity contribution >= 4 is 5.97 Å². The quantitative estimate of drug-likeness (QED) is 0.890. The molecule has 2 aromatic rings. The van der Waals surface area contributed by atoms with E-state index in [1.807, 2.05) is 35.3 Å². The van der Waals surface area contributed by atoms with Gasteiger partial charge in [-0.3, -0.25) is 9.58 Å². The molecule has 1 aromatic heterocycles. The number of hydrogen-bond acceptors (Lipinski definition) is 3. The summed E-state index contributed by atoms with van der Waals surface area (Å²) in [5.74, 6) is -0.842. The summed E-state index contributed by atoms with van der Waals surface area (Å²) in [6.45, 7) is 2.67. The van der Waals surface area contributed by atoms with Crippen LogP contribution < -0.4 is 0 Å². The summed E-state index contributed by atoms with van der Waals surface area (Å²) in [6.07, 6.45) is 8.47. The lowest BCUT2D eigenvalue weighted by Crippen LogP contribution is -2.39. The second kappa shape index (κ2) is 7.42. The van der Waals surface area contributed by atoms with Crippen LogP contribution >= 0.6 is 0 Å². The Morgan fingerprint density at radius 3 is 2.91 bits per heavy atom. The van der Waals surface area contributed by atoms with E-state index in [1.54, 1.807) is 12.1 Å². The Labute approximate surface area is 136 Å². The summed E-state index contributed by atoms with van der Waals surface area (Å²) in [5.41, 5.74) is 1.33. The Morgan fingerprint density at radius 2 is 2.13 bits per heavy atom. The molecule has 3 rings (SSSR count). The molecule has 1 saturated heterocycles. The first-order chi connectivity index (χ1) is 11.2. The third-order valence-corrected chi connectivity index (χ3v) is 4.62. The summed E-state index contributed by atoms with van der Waals surface area (Å²) in [6, 6.07) is 9.78. The van der Waals surface area contributed by atoms with Crippen molar-refractivity contribution in [3.05, 3.63) is 53.9 Å². The maximum Gasteiger partial charge on any atom is 0.336 e. The number of rotatable bonds is 6. The highest BCUT2D eigenvalue weighted by Crippen LogP contribution is 2.23. The van der Waals surface area contributed by atoms with Crippen molar-refractivity contribution in [1.29, 1.82) is 0 Å². The molecule has 1 N–H and O–H groups in total. The predicted octanol–water partition coefficient (Wildman–Crippen LogP) is 3.03.